The summed E-state index contributed by atoms with van der Waals surface area (Å²) < 4.78 is 5.33. The van der Waals surface area contributed by atoms with Gasteiger partial charge in [-0.05, 0) is 64.2 Å². The van der Waals surface area contributed by atoms with E-state index in [9.17, 15) is 0 Å². The molecule has 0 amide bonds. The molecule has 0 radical (unpaired) electrons. The van der Waals surface area contributed by atoms with Crippen LogP contribution in [0.1, 0.15) is 92.4 Å². The van der Waals surface area contributed by atoms with Crippen molar-refractivity contribution in [3.05, 3.63) is 48.2 Å². The Kier molecular flexibility index (Phi) is 23.2. The second-order valence-corrected chi connectivity index (χ2v) is 11.2. The van der Waals surface area contributed by atoms with Gasteiger partial charge in [0.15, 0.2) is 0 Å². The fourth-order valence-corrected chi connectivity index (χ4v) is 7.46. The van der Waals surface area contributed by atoms with E-state index in [1.165, 1.54) is 75.5 Å². The van der Waals surface area contributed by atoms with Gasteiger partial charge in [-0.2, -0.15) is 0 Å². The van der Waals surface area contributed by atoms with Gasteiger partial charge in [-0.3, -0.25) is 4.74 Å². The topological polar surface area (TPSA) is 12.4 Å². The van der Waals surface area contributed by atoms with Gasteiger partial charge in [0.25, 0.3) is 0 Å². The average molecular weight is 439 g/mol. The average Bonchev–Trinajstić information content (AvgIpc) is 3.20. The zero-order valence-corrected chi connectivity index (χ0v) is 21.9. The molecule has 0 spiro atoms. The Morgan fingerprint density at radius 1 is 0.893 bits per heavy atom. The smallest absolute Gasteiger partial charge is 0.0425 e. The first-order valence-electron chi connectivity index (χ1n) is 11.4. The molecule has 0 aromatic carbocycles. The largest absolute Gasteiger partial charge is 0.272 e. The van der Waals surface area contributed by atoms with Gasteiger partial charge in [0.1, 0.15) is 0 Å². The van der Waals surface area contributed by atoms with Crippen LogP contribution in [0.5, 0.6) is 0 Å². The van der Waals surface area contributed by atoms with Crippen LogP contribution in [0.25, 0.3) is 0 Å². The van der Waals surface area contributed by atoms with Crippen LogP contribution in [0, 0.1) is 0 Å². The normalized spacial score (nSPS) is 13.4. The molecule has 160 valence electrons. The molecule has 1 aliphatic rings. The van der Waals surface area contributed by atoms with Crippen molar-refractivity contribution < 1.29 is 21.7 Å². The van der Waals surface area contributed by atoms with E-state index in [4.69, 9.17) is 4.74 Å². The summed E-state index contributed by atoms with van der Waals surface area (Å²) in [5, 5.41) is 0. The molecule has 0 saturated heterocycles. The quantitative estimate of drug-likeness (QED) is 0.154. The standard InChI is InChI=1S/C17H32NP.C8H14.Ti/c1-4-7-14-19(15-8-5-2,16-9-6-3)18-17-12-10-11-13-17;1-3-5-7-8-6-4-2;/h10-12H,4-9,13-16H2,1-3H3;3,5,7-8H,4,6H2,1-2H3;. The minimum Gasteiger partial charge on any atom is -0.272 e. The van der Waals surface area contributed by atoms with Crippen LogP contribution in [-0.2, 0) is 21.7 Å². The summed E-state index contributed by atoms with van der Waals surface area (Å²) in [6.07, 6.45) is 30.7. The molecule has 0 atom stereocenters. The van der Waals surface area contributed by atoms with E-state index in [0.717, 1.165) is 6.42 Å². The van der Waals surface area contributed by atoms with Crippen LogP contribution < -0.4 is 0 Å². The molecule has 0 fully saturated rings. The third-order valence-corrected chi connectivity index (χ3v) is 8.90. The Labute approximate surface area is 192 Å². The molecule has 3 heteroatoms. The van der Waals surface area contributed by atoms with Gasteiger partial charge in [-0.15, -0.1) is 0 Å². The maximum absolute atomic E-state index is 5.33. The van der Waals surface area contributed by atoms with Crippen molar-refractivity contribution in [2.24, 2.45) is 4.74 Å². The first-order valence-corrected chi connectivity index (χ1v) is 13.7. The maximum Gasteiger partial charge on any atom is 0.0425 e. The number of unbranched alkanes of at least 4 members (excludes halogenated alkanes) is 4. The first kappa shape index (κ1) is 30.1. The number of rotatable bonds is 13. The predicted octanol–water partition coefficient (Wildman–Crippen LogP) is 9.35. The van der Waals surface area contributed by atoms with Crippen molar-refractivity contribution in [3.8, 4) is 0 Å². The van der Waals surface area contributed by atoms with E-state index >= 15 is 0 Å². The second-order valence-electron chi connectivity index (χ2n) is 7.46. The van der Waals surface area contributed by atoms with Crippen molar-refractivity contribution in [3.63, 3.8) is 0 Å². The zero-order chi connectivity index (χ0) is 20.2. The van der Waals surface area contributed by atoms with E-state index < -0.39 is 7.05 Å². The van der Waals surface area contributed by atoms with Crippen molar-refractivity contribution in [2.75, 3.05) is 18.5 Å². The van der Waals surface area contributed by atoms with Gasteiger partial charge in [0, 0.05) is 33.8 Å². The Bertz CT molecular complexity index is 486. The third-order valence-electron chi connectivity index (χ3n) is 4.77. The Hall–Kier alpha value is -0.0957. The van der Waals surface area contributed by atoms with Crippen molar-refractivity contribution in [1.82, 2.24) is 0 Å². The zero-order valence-electron chi connectivity index (χ0n) is 19.4. The van der Waals surface area contributed by atoms with Crippen LogP contribution in [-0.4, -0.2) is 18.5 Å². The van der Waals surface area contributed by atoms with E-state index in [0.29, 0.717) is 0 Å². The van der Waals surface area contributed by atoms with Gasteiger partial charge >= 0.3 is 0 Å². The first-order chi connectivity index (χ1) is 13.2. The van der Waals surface area contributed by atoms with Crippen molar-refractivity contribution in [1.29, 1.82) is 0 Å². The minimum absolute atomic E-state index is 0. The molecule has 1 rings (SSSR count). The van der Waals surface area contributed by atoms with Crippen LogP contribution >= 0.6 is 7.05 Å². The minimum atomic E-state index is -1.08. The number of hydrogen-bond acceptors (Lipinski definition) is 1. The maximum atomic E-state index is 5.33. The molecule has 28 heavy (non-hydrogen) atoms. The van der Waals surface area contributed by atoms with E-state index in [2.05, 4.69) is 64.2 Å². The number of nitrogens with zero attached hydrogens (tertiary/aromatic N) is 1. The SMILES string of the molecule is CC=CC=CCCC.CCCCP(CCCC)(CCCC)=NC1=CC=CC1.[Ti]. The molecule has 0 N–H and O–H groups in total. The summed E-state index contributed by atoms with van der Waals surface area (Å²) in [6.45, 7) is 11.1. The second kappa shape index (κ2) is 21.6. The molecular weight excluding hydrogens is 393 g/mol. The van der Waals surface area contributed by atoms with Gasteiger partial charge in [-0.25, -0.2) is 0 Å². The van der Waals surface area contributed by atoms with Gasteiger partial charge in [0.05, 0.1) is 0 Å². The van der Waals surface area contributed by atoms with Crippen LogP contribution in [0.15, 0.2) is 53.0 Å². The molecule has 0 unspecified atom stereocenters. The van der Waals surface area contributed by atoms with Crippen LogP contribution in [0.4, 0.5) is 0 Å². The third kappa shape index (κ3) is 15.8. The van der Waals surface area contributed by atoms with Crippen LogP contribution in [0.3, 0.4) is 0 Å². The summed E-state index contributed by atoms with van der Waals surface area (Å²) in [5.41, 5.74) is 1.36. The Balaban J connectivity index is 0. The summed E-state index contributed by atoms with van der Waals surface area (Å²) in [6, 6.07) is 0. The molecule has 1 nitrogen and oxygen atoms in total. The Morgan fingerprint density at radius 2 is 1.46 bits per heavy atom. The van der Waals surface area contributed by atoms with Gasteiger partial charge in [-0.1, -0.05) is 89.8 Å². The molecule has 0 bridgehead atoms. The molecule has 1 aliphatic carbocycles. The number of allylic oxidation sites excluding steroid dienone is 7. The molecular formula is C25H46NPTi. The predicted molar refractivity (Wildman–Crippen MR) is 129 cm³/mol. The Morgan fingerprint density at radius 3 is 1.86 bits per heavy atom. The van der Waals surface area contributed by atoms with E-state index in [1.807, 2.05) is 13.0 Å². The summed E-state index contributed by atoms with van der Waals surface area (Å²) in [7, 11) is -1.08. The monoisotopic (exact) mass is 439 g/mol. The van der Waals surface area contributed by atoms with Gasteiger partial charge < -0.3 is 0 Å². The summed E-state index contributed by atoms with van der Waals surface area (Å²) in [5.74, 6) is 0. The van der Waals surface area contributed by atoms with Crippen molar-refractivity contribution >= 4 is 7.05 Å². The van der Waals surface area contributed by atoms with Crippen molar-refractivity contribution in [2.45, 2.75) is 92.4 Å². The summed E-state index contributed by atoms with van der Waals surface area (Å²) in [4.78, 5) is 0. The van der Waals surface area contributed by atoms with Gasteiger partial charge in [0.2, 0.25) is 0 Å². The fourth-order valence-electron chi connectivity index (χ4n) is 3.08. The number of hydrogen-bond donors (Lipinski definition) is 0. The summed E-state index contributed by atoms with van der Waals surface area (Å²) >= 11 is 0. The molecule has 0 aromatic heterocycles. The van der Waals surface area contributed by atoms with Crippen LogP contribution in [0.2, 0.25) is 0 Å². The molecule has 0 heterocycles. The molecule has 0 saturated carbocycles. The molecule has 0 aliphatic heterocycles. The van der Waals surface area contributed by atoms with E-state index in [-0.39, 0.29) is 21.7 Å². The fraction of sp³-hybridized carbons (Fsp3) is 0.680. The van der Waals surface area contributed by atoms with E-state index in [1.54, 1.807) is 0 Å². The molecule has 0 aromatic rings.